The summed E-state index contributed by atoms with van der Waals surface area (Å²) in [6.45, 7) is 3.09. The molecule has 178 valence electrons. The molecule has 0 atom stereocenters. The number of thiazole rings is 1. The first-order chi connectivity index (χ1) is 15.9. The first-order valence-electron chi connectivity index (χ1n) is 10.3. The van der Waals surface area contributed by atoms with Gasteiger partial charge in [-0.25, -0.2) is 4.98 Å². The summed E-state index contributed by atoms with van der Waals surface area (Å²) in [5, 5.41) is 5.21. The minimum atomic E-state index is -0.626. The second kappa shape index (κ2) is 11.1. The van der Waals surface area contributed by atoms with E-state index in [0.717, 1.165) is 5.69 Å². The number of para-hydroxylation sites is 2. The standard InChI is InChI=1S/C22H23N7O3S.ClH/c23-19(30)12-28-7-9-29(10-8-28)18-4-2-1-3-15(18)26-21(32)17-13-33-22(27-17)14-5-6-25-16(11-14)20(24)31;/h1-6,11,13H,7-10,12H2,(H2,23,30)(H2,24,31)(H,26,32);1H. The van der Waals surface area contributed by atoms with Crippen LogP contribution < -0.4 is 21.7 Å². The fraction of sp³-hybridized carbons (Fsp3) is 0.227. The van der Waals surface area contributed by atoms with Crippen molar-refractivity contribution in [3.05, 3.63) is 59.4 Å². The Morgan fingerprint density at radius 3 is 2.47 bits per heavy atom. The lowest BCUT2D eigenvalue weighted by molar-refractivity contribution is -0.119. The van der Waals surface area contributed by atoms with Gasteiger partial charge in [-0.05, 0) is 24.3 Å². The molecule has 5 N–H and O–H groups in total. The van der Waals surface area contributed by atoms with Crippen LogP contribution in [0.15, 0.2) is 48.0 Å². The van der Waals surface area contributed by atoms with Gasteiger partial charge < -0.3 is 21.7 Å². The Morgan fingerprint density at radius 2 is 1.76 bits per heavy atom. The summed E-state index contributed by atoms with van der Waals surface area (Å²) >= 11 is 1.29. The zero-order valence-corrected chi connectivity index (χ0v) is 19.8. The average Bonchev–Trinajstić information content (AvgIpc) is 3.30. The largest absolute Gasteiger partial charge is 0.369 e. The van der Waals surface area contributed by atoms with E-state index in [-0.39, 0.29) is 42.2 Å². The van der Waals surface area contributed by atoms with Crippen molar-refractivity contribution in [3.8, 4) is 10.6 Å². The zero-order chi connectivity index (χ0) is 23.4. The number of carbonyl (C=O) groups excluding carboxylic acids is 3. The summed E-state index contributed by atoms with van der Waals surface area (Å²) in [6.07, 6.45) is 1.48. The van der Waals surface area contributed by atoms with E-state index in [4.69, 9.17) is 11.5 Å². The molecule has 1 aliphatic heterocycles. The van der Waals surface area contributed by atoms with Crippen LogP contribution in [0.4, 0.5) is 11.4 Å². The zero-order valence-electron chi connectivity index (χ0n) is 18.1. The van der Waals surface area contributed by atoms with Crippen LogP contribution in [0.5, 0.6) is 0 Å². The number of rotatable bonds is 7. The lowest BCUT2D eigenvalue weighted by Gasteiger charge is -2.36. The molecule has 0 radical (unpaired) electrons. The molecule has 3 aromatic rings. The number of benzene rings is 1. The number of amides is 3. The molecule has 3 heterocycles. The molecule has 10 nitrogen and oxygen atoms in total. The van der Waals surface area contributed by atoms with Crippen molar-refractivity contribution in [2.45, 2.75) is 0 Å². The van der Waals surface area contributed by atoms with Crippen LogP contribution in [-0.4, -0.2) is 65.3 Å². The van der Waals surface area contributed by atoms with Gasteiger partial charge in [0, 0.05) is 43.3 Å². The molecule has 12 heteroatoms. The Morgan fingerprint density at radius 1 is 1.03 bits per heavy atom. The summed E-state index contributed by atoms with van der Waals surface area (Å²) < 4.78 is 0. The Bertz CT molecular complexity index is 1190. The number of pyridine rings is 1. The van der Waals surface area contributed by atoms with Crippen molar-refractivity contribution < 1.29 is 14.4 Å². The number of anilines is 2. The fourth-order valence-electron chi connectivity index (χ4n) is 3.62. The number of halogens is 1. The normalized spacial score (nSPS) is 13.7. The number of primary amides is 2. The highest BCUT2D eigenvalue weighted by atomic mass is 35.5. The third kappa shape index (κ3) is 5.87. The molecule has 1 saturated heterocycles. The number of nitrogens with two attached hydrogens (primary N) is 2. The molecule has 1 fully saturated rings. The number of aromatic nitrogens is 2. The van der Waals surface area contributed by atoms with Crippen LogP contribution in [0.25, 0.3) is 10.6 Å². The highest BCUT2D eigenvalue weighted by molar-refractivity contribution is 7.13. The van der Waals surface area contributed by atoms with Crippen molar-refractivity contribution >= 4 is 52.8 Å². The molecular formula is C22H24ClN7O3S. The summed E-state index contributed by atoms with van der Waals surface area (Å²) in [7, 11) is 0. The van der Waals surface area contributed by atoms with Crippen LogP contribution in [0.3, 0.4) is 0 Å². The van der Waals surface area contributed by atoms with E-state index in [9.17, 15) is 14.4 Å². The molecule has 3 amide bonds. The molecule has 4 rings (SSSR count). The monoisotopic (exact) mass is 501 g/mol. The van der Waals surface area contributed by atoms with Crippen molar-refractivity contribution in [1.29, 1.82) is 0 Å². The predicted octanol–water partition coefficient (Wildman–Crippen LogP) is 1.59. The van der Waals surface area contributed by atoms with Gasteiger partial charge in [-0.3, -0.25) is 24.3 Å². The maximum absolute atomic E-state index is 12.9. The molecular weight excluding hydrogens is 478 g/mol. The average molecular weight is 502 g/mol. The topological polar surface area (TPSA) is 148 Å². The maximum Gasteiger partial charge on any atom is 0.275 e. The van der Waals surface area contributed by atoms with Gasteiger partial charge in [0.15, 0.2) is 0 Å². The number of carbonyl (C=O) groups is 3. The Labute approximate surface area is 206 Å². The quantitative estimate of drug-likeness (QED) is 0.445. The van der Waals surface area contributed by atoms with Gasteiger partial charge in [0.1, 0.15) is 16.4 Å². The van der Waals surface area contributed by atoms with E-state index < -0.39 is 5.91 Å². The second-order valence-electron chi connectivity index (χ2n) is 7.53. The smallest absolute Gasteiger partial charge is 0.275 e. The van der Waals surface area contributed by atoms with Gasteiger partial charge in [0.25, 0.3) is 11.8 Å². The summed E-state index contributed by atoms with van der Waals surface area (Å²) in [5.41, 5.74) is 13.2. The van der Waals surface area contributed by atoms with Gasteiger partial charge >= 0.3 is 0 Å². The number of hydrogen-bond donors (Lipinski definition) is 3. The van der Waals surface area contributed by atoms with Gasteiger partial charge in [-0.1, -0.05) is 12.1 Å². The number of nitrogens with zero attached hydrogens (tertiary/aromatic N) is 4. The molecule has 1 aromatic carbocycles. The minimum absolute atomic E-state index is 0. The van der Waals surface area contributed by atoms with Crippen LogP contribution in [0.1, 0.15) is 21.0 Å². The van der Waals surface area contributed by atoms with Crippen molar-refractivity contribution in [1.82, 2.24) is 14.9 Å². The Kier molecular flexibility index (Phi) is 8.16. The lowest BCUT2D eigenvalue weighted by atomic mass is 10.2. The van der Waals surface area contributed by atoms with E-state index in [0.29, 0.717) is 42.4 Å². The third-order valence-corrected chi connectivity index (χ3v) is 6.13. The molecule has 0 spiro atoms. The Hall–Kier alpha value is -3.54. The maximum atomic E-state index is 12.9. The number of piperazine rings is 1. The van der Waals surface area contributed by atoms with Crippen molar-refractivity contribution in [2.24, 2.45) is 11.5 Å². The molecule has 0 bridgehead atoms. The molecule has 2 aromatic heterocycles. The van der Waals surface area contributed by atoms with Gasteiger partial charge in [-0.15, -0.1) is 23.7 Å². The summed E-state index contributed by atoms with van der Waals surface area (Å²) in [5.74, 6) is -1.30. The van der Waals surface area contributed by atoms with Crippen molar-refractivity contribution in [2.75, 3.05) is 42.9 Å². The first kappa shape index (κ1) is 25.1. The SMILES string of the molecule is Cl.NC(=O)CN1CCN(c2ccccc2NC(=O)c2csc(-c3ccnc(C(N)=O)c3)n2)CC1. The lowest BCUT2D eigenvalue weighted by Crippen LogP contribution is -2.49. The fourth-order valence-corrected chi connectivity index (χ4v) is 4.41. The van der Waals surface area contributed by atoms with E-state index in [1.54, 1.807) is 17.5 Å². The molecule has 1 aliphatic rings. The van der Waals surface area contributed by atoms with E-state index in [2.05, 4.69) is 20.2 Å². The van der Waals surface area contributed by atoms with Gasteiger partial charge in [-0.2, -0.15) is 0 Å². The van der Waals surface area contributed by atoms with E-state index in [1.165, 1.54) is 17.5 Å². The highest BCUT2D eigenvalue weighted by Crippen LogP contribution is 2.28. The van der Waals surface area contributed by atoms with Crippen LogP contribution in [0.2, 0.25) is 0 Å². The Balaban J connectivity index is 0.00000324. The van der Waals surface area contributed by atoms with Gasteiger partial charge in [0.05, 0.1) is 17.9 Å². The van der Waals surface area contributed by atoms with E-state index in [1.807, 2.05) is 29.2 Å². The molecule has 34 heavy (non-hydrogen) atoms. The number of nitrogens with one attached hydrogen (secondary N) is 1. The third-order valence-electron chi connectivity index (χ3n) is 5.24. The summed E-state index contributed by atoms with van der Waals surface area (Å²) in [6, 6.07) is 10.8. The molecule has 0 aliphatic carbocycles. The minimum Gasteiger partial charge on any atom is -0.369 e. The molecule has 0 unspecified atom stereocenters. The van der Waals surface area contributed by atoms with Crippen molar-refractivity contribution in [3.63, 3.8) is 0 Å². The summed E-state index contributed by atoms with van der Waals surface area (Å²) in [4.78, 5) is 48.0. The van der Waals surface area contributed by atoms with Crippen LogP contribution in [-0.2, 0) is 4.79 Å². The van der Waals surface area contributed by atoms with Gasteiger partial charge in [0.2, 0.25) is 5.91 Å². The van der Waals surface area contributed by atoms with E-state index >= 15 is 0 Å². The first-order valence-corrected chi connectivity index (χ1v) is 11.2. The molecule has 0 saturated carbocycles. The highest BCUT2D eigenvalue weighted by Gasteiger charge is 2.21. The second-order valence-corrected chi connectivity index (χ2v) is 8.39. The number of hydrogen-bond acceptors (Lipinski definition) is 8. The predicted molar refractivity (Wildman–Crippen MR) is 133 cm³/mol. The van der Waals surface area contributed by atoms with Crippen LogP contribution >= 0.6 is 23.7 Å². The van der Waals surface area contributed by atoms with Crippen LogP contribution in [0, 0.1) is 0 Å².